The van der Waals surface area contributed by atoms with Gasteiger partial charge >= 0.3 is 0 Å². The molecule has 0 aliphatic heterocycles. The Hall–Kier alpha value is -0.300. The number of hydrogen-bond donors (Lipinski definition) is 0. The lowest BCUT2D eigenvalue weighted by Gasteiger charge is -1.85. The number of rotatable bonds is 2. The van der Waals surface area contributed by atoms with Crippen LogP contribution in [0.2, 0.25) is 0 Å². The monoisotopic (exact) mass is 174 g/mol. The molecule has 0 bridgehead atoms. The van der Waals surface area contributed by atoms with Gasteiger partial charge in [0.1, 0.15) is 0 Å². The van der Waals surface area contributed by atoms with Gasteiger partial charge in [0.15, 0.2) is 0 Å². The maximum absolute atomic E-state index is 2.21. The molecule has 68 valence electrons. The molecule has 1 aromatic heterocycles. The first-order valence-electron chi connectivity index (χ1n) is 2.96. The van der Waals surface area contributed by atoms with Gasteiger partial charge in [0.05, 0.1) is 0 Å². The normalized spacial score (nSPS) is 7.00. The van der Waals surface area contributed by atoms with Gasteiger partial charge in [-0.1, -0.05) is 41.7 Å². The van der Waals surface area contributed by atoms with Crippen molar-refractivity contribution in [2.45, 2.75) is 42.0 Å². The molecule has 1 heteroatoms. The largest absolute Gasteiger partial charge is 0.149 e. The van der Waals surface area contributed by atoms with Crippen molar-refractivity contribution in [1.29, 1.82) is 0 Å². The lowest BCUT2D eigenvalue weighted by atomic mass is 10.3. The molecule has 0 atom stereocenters. The second-order valence-corrected chi connectivity index (χ2v) is 2.86. The van der Waals surface area contributed by atoms with Crippen LogP contribution in [0.25, 0.3) is 0 Å². The summed E-state index contributed by atoms with van der Waals surface area (Å²) in [5.74, 6) is 0. The van der Waals surface area contributed by atoms with Crippen molar-refractivity contribution in [2.75, 3.05) is 0 Å². The van der Waals surface area contributed by atoms with Crippen LogP contribution in [0.1, 0.15) is 40.5 Å². The topological polar surface area (TPSA) is 0 Å². The summed E-state index contributed by atoms with van der Waals surface area (Å²) in [6.45, 7) is 2.21. The van der Waals surface area contributed by atoms with E-state index in [9.17, 15) is 0 Å². The molecule has 1 aromatic rings. The van der Waals surface area contributed by atoms with Gasteiger partial charge in [0.25, 0.3) is 0 Å². The van der Waals surface area contributed by atoms with Crippen LogP contribution in [-0.4, -0.2) is 0 Å². The van der Waals surface area contributed by atoms with Gasteiger partial charge in [0.2, 0.25) is 0 Å². The Bertz CT molecular complexity index is 131. The van der Waals surface area contributed by atoms with Crippen molar-refractivity contribution in [1.82, 2.24) is 0 Å². The summed E-state index contributed by atoms with van der Waals surface area (Å²) < 4.78 is 0. The summed E-state index contributed by atoms with van der Waals surface area (Å²) in [5.41, 5.74) is 0. The SMILES string of the molecule is C.C.C.CCCc1cccs1. The molecule has 0 aliphatic rings. The van der Waals surface area contributed by atoms with Gasteiger partial charge in [-0.05, 0) is 17.9 Å². The first-order valence-corrected chi connectivity index (χ1v) is 3.84. The molecule has 0 aromatic carbocycles. The van der Waals surface area contributed by atoms with Crippen molar-refractivity contribution in [3.63, 3.8) is 0 Å². The zero-order valence-electron chi connectivity index (χ0n) is 5.05. The highest BCUT2D eigenvalue weighted by Crippen LogP contribution is 2.09. The molecule has 11 heavy (non-hydrogen) atoms. The molecular formula is C10H22S. The zero-order chi connectivity index (χ0) is 5.82. The lowest BCUT2D eigenvalue weighted by molar-refractivity contribution is 0.940. The Morgan fingerprint density at radius 1 is 1.27 bits per heavy atom. The van der Waals surface area contributed by atoms with Gasteiger partial charge in [0, 0.05) is 4.88 Å². The Labute approximate surface area is 76.3 Å². The fourth-order valence-corrected chi connectivity index (χ4v) is 1.51. The Morgan fingerprint density at radius 2 is 1.91 bits per heavy atom. The minimum absolute atomic E-state index is 0. The molecular weight excluding hydrogens is 152 g/mol. The third-order valence-corrected chi connectivity index (χ3v) is 2.01. The Kier molecular flexibility index (Phi) is 15.0. The van der Waals surface area contributed by atoms with Crippen LogP contribution >= 0.6 is 11.3 Å². The second-order valence-electron chi connectivity index (χ2n) is 1.83. The van der Waals surface area contributed by atoms with E-state index in [1.54, 1.807) is 0 Å². The van der Waals surface area contributed by atoms with E-state index in [4.69, 9.17) is 0 Å². The van der Waals surface area contributed by atoms with Gasteiger partial charge < -0.3 is 0 Å². The average Bonchev–Trinajstić information content (AvgIpc) is 2.19. The minimum atomic E-state index is 0. The molecule has 0 aliphatic carbocycles. The van der Waals surface area contributed by atoms with Crippen LogP contribution in [0.15, 0.2) is 17.5 Å². The van der Waals surface area contributed by atoms with Crippen molar-refractivity contribution in [2.24, 2.45) is 0 Å². The fraction of sp³-hybridized carbons (Fsp3) is 0.600. The van der Waals surface area contributed by atoms with Crippen LogP contribution in [0.5, 0.6) is 0 Å². The highest BCUT2D eigenvalue weighted by Gasteiger charge is 1.87. The van der Waals surface area contributed by atoms with E-state index in [1.165, 1.54) is 17.7 Å². The number of aryl methyl sites for hydroxylation is 1. The van der Waals surface area contributed by atoms with Gasteiger partial charge in [-0.15, -0.1) is 11.3 Å². The molecule has 0 spiro atoms. The van der Waals surface area contributed by atoms with Crippen LogP contribution in [0.4, 0.5) is 0 Å². The Morgan fingerprint density at radius 3 is 2.27 bits per heavy atom. The van der Waals surface area contributed by atoms with E-state index in [0.29, 0.717) is 0 Å². The predicted molar refractivity (Wildman–Crippen MR) is 58.5 cm³/mol. The second kappa shape index (κ2) is 9.70. The summed E-state index contributed by atoms with van der Waals surface area (Å²) in [5, 5.41) is 2.13. The van der Waals surface area contributed by atoms with E-state index in [2.05, 4.69) is 24.4 Å². The first-order chi connectivity index (χ1) is 3.93. The van der Waals surface area contributed by atoms with E-state index < -0.39 is 0 Å². The molecule has 0 N–H and O–H groups in total. The maximum Gasteiger partial charge on any atom is 0.00451 e. The fourth-order valence-electron chi connectivity index (χ4n) is 0.701. The van der Waals surface area contributed by atoms with Crippen molar-refractivity contribution in [3.8, 4) is 0 Å². The van der Waals surface area contributed by atoms with Gasteiger partial charge in [-0.3, -0.25) is 0 Å². The number of hydrogen-bond acceptors (Lipinski definition) is 1. The summed E-state index contributed by atoms with van der Waals surface area (Å²) >= 11 is 1.85. The van der Waals surface area contributed by atoms with Crippen LogP contribution in [-0.2, 0) is 6.42 Å². The highest BCUT2D eigenvalue weighted by atomic mass is 32.1. The van der Waals surface area contributed by atoms with E-state index in [0.717, 1.165) is 0 Å². The Balaban J connectivity index is -0.000000213. The van der Waals surface area contributed by atoms with E-state index in [-0.39, 0.29) is 22.3 Å². The summed E-state index contributed by atoms with van der Waals surface area (Å²) in [7, 11) is 0. The third-order valence-electron chi connectivity index (χ3n) is 1.08. The predicted octanol–water partition coefficient (Wildman–Crippen LogP) is 4.61. The van der Waals surface area contributed by atoms with Gasteiger partial charge in [-0.2, -0.15) is 0 Å². The van der Waals surface area contributed by atoms with Crippen LogP contribution in [0, 0.1) is 0 Å². The molecule has 0 saturated carbocycles. The molecule has 1 heterocycles. The first kappa shape index (κ1) is 17.0. The van der Waals surface area contributed by atoms with Gasteiger partial charge in [-0.25, -0.2) is 0 Å². The summed E-state index contributed by atoms with van der Waals surface area (Å²) in [4.78, 5) is 1.51. The molecule has 1 rings (SSSR count). The molecule has 0 fully saturated rings. The molecule has 0 unspecified atom stereocenters. The van der Waals surface area contributed by atoms with Crippen molar-refractivity contribution < 1.29 is 0 Å². The molecule has 0 amide bonds. The van der Waals surface area contributed by atoms with Crippen molar-refractivity contribution >= 4 is 11.3 Å². The standard InChI is InChI=1S/C7H10S.3CH4/c1-2-4-7-5-3-6-8-7;;;/h3,5-6H,2,4H2,1H3;3*1H4. The molecule has 0 nitrogen and oxygen atoms in total. The highest BCUT2D eigenvalue weighted by molar-refractivity contribution is 7.09. The number of thiophene rings is 1. The van der Waals surface area contributed by atoms with Crippen LogP contribution < -0.4 is 0 Å². The zero-order valence-corrected chi connectivity index (χ0v) is 5.87. The van der Waals surface area contributed by atoms with E-state index >= 15 is 0 Å². The lowest BCUT2D eigenvalue weighted by Crippen LogP contribution is -1.71. The summed E-state index contributed by atoms with van der Waals surface area (Å²) in [6, 6.07) is 4.30. The van der Waals surface area contributed by atoms with Crippen LogP contribution in [0.3, 0.4) is 0 Å². The maximum atomic E-state index is 2.21. The smallest absolute Gasteiger partial charge is 0.00451 e. The quantitative estimate of drug-likeness (QED) is 0.614. The van der Waals surface area contributed by atoms with E-state index in [1.807, 2.05) is 11.3 Å². The summed E-state index contributed by atoms with van der Waals surface area (Å²) in [6.07, 6.45) is 2.51. The van der Waals surface area contributed by atoms with Crippen molar-refractivity contribution in [3.05, 3.63) is 22.4 Å². The molecule has 0 radical (unpaired) electrons. The molecule has 0 saturated heterocycles. The average molecular weight is 174 g/mol. The minimum Gasteiger partial charge on any atom is -0.149 e. The third kappa shape index (κ3) is 6.11.